The third kappa shape index (κ3) is 1.97. The molecule has 0 saturated carbocycles. The van der Waals surface area contributed by atoms with Crippen molar-refractivity contribution in [2.75, 3.05) is 0 Å². The van der Waals surface area contributed by atoms with Crippen molar-refractivity contribution < 1.29 is 11.3 Å². The molecule has 3 heterocycles. The summed E-state index contributed by atoms with van der Waals surface area (Å²) in [5, 5.41) is 13.1. The van der Waals surface area contributed by atoms with Crippen LogP contribution in [0.1, 0.15) is 18.8 Å². The number of aryl methyl sites for hydroxylation is 1. The molecule has 19 heavy (non-hydrogen) atoms. The van der Waals surface area contributed by atoms with E-state index < -0.39 is 5.97 Å². The van der Waals surface area contributed by atoms with Gasteiger partial charge in [-0.15, -0.1) is 0 Å². The second-order valence-corrected chi connectivity index (χ2v) is 4.20. The topological polar surface area (TPSA) is 72.4 Å². The van der Waals surface area contributed by atoms with Crippen LogP contribution in [0.25, 0.3) is 16.8 Å². The number of fused-ring (bicyclic) bond motifs is 1. The lowest BCUT2D eigenvalue weighted by molar-refractivity contribution is 0.0691. The number of hydrogen-bond acceptors (Lipinski definition) is 3. The van der Waals surface area contributed by atoms with Crippen molar-refractivity contribution in [3.63, 3.8) is 0 Å². The van der Waals surface area contributed by atoms with Crippen LogP contribution in [0.2, 0.25) is 0 Å². The van der Waals surface area contributed by atoms with Crippen LogP contribution in [0.4, 0.5) is 0 Å². The fourth-order valence-corrected chi connectivity index (χ4v) is 1.95. The molecule has 0 atom stereocenters. The third-order valence-electron chi connectivity index (χ3n) is 2.96. The first kappa shape index (κ1) is 11.5. The lowest BCUT2D eigenvalue weighted by Crippen LogP contribution is -1.94. The van der Waals surface area contributed by atoms with E-state index in [0.717, 1.165) is 17.7 Å². The molecule has 3 rings (SSSR count). The Morgan fingerprint density at radius 2 is 2.16 bits per heavy atom. The Bertz CT molecular complexity index is 763. The molecule has 0 spiro atoms. The number of carboxylic acids is 1. The quantitative estimate of drug-likeness (QED) is 0.781. The minimum absolute atomic E-state index is 0. The van der Waals surface area contributed by atoms with Gasteiger partial charge >= 0.3 is 5.97 Å². The summed E-state index contributed by atoms with van der Waals surface area (Å²) in [5.41, 5.74) is 2.63. The second kappa shape index (κ2) is 4.24. The first-order chi connectivity index (χ1) is 9.17. The van der Waals surface area contributed by atoms with Gasteiger partial charge in [-0.25, -0.2) is 9.78 Å². The van der Waals surface area contributed by atoms with Crippen LogP contribution in [0, 0.1) is 0 Å². The van der Waals surface area contributed by atoms with E-state index in [0.29, 0.717) is 5.65 Å². The molecule has 0 aliphatic heterocycles. The van der Waals surface area contributed by atoms with Crippen molar-refractivity contribution in [1.82, 2.24) is 19.2 Å². The van der Waals surface area contributed by atoms with E-state index in [4.69, 9.17) is 5.11 Å². The molecule has 0 saturated heterocycles. The molecule has 0 bridgehead atoms. The van der Waals surface area contributed by atoms with Crippen LogP contribution < -0.4 is 0 Å². The van der Waals surface area contributed by atoms with Crippen LogP contribution >= 0.6 is 0 Å². The SMILES string of the molecule is CCn1cc(-c2ccc3nc(C(=O)O)cn3c2)cn1.[HH]. The zero-order valence-corrected chi connectivity index (χ0v) is 10.3. The standard InChI is InChI=1S/C13H12N4O2.H2/c1-2-17-7-10(5-14-17)9-3-4-12-15-11(13(18)19)8-16(12)6-9;/h3-8H,2H2,1H3,(H,18,19);1H. The number of aromatic carboxylic acids is 1. The van der Waals surface area contributed by atoms with E-state index in [1.807, 2.05) is 30.1 Å². The zero-order chi connectivity index (χ0) is 13.4. The first-order valence-corrected chi connectivity index (χ1v) is 5.92. The lowest BCUT2D eigenvalue weighted by Gasteiger charge is -1.98. The van der Waals surface area contributed by atoms with Crippen LogP contribution in [0.15, 0.2) is 36.9 Å². The summed E-state index contributed by atoms with van der Waals surface area (Å²) in [6, 6.07) is 3.70. The summed E-state index contributed by atoms with van der Waals surface area (Å²) in [5.74, 6) is -1.02. The molecule has 3 aromatic rings. The molecule has 0 unspecified atom stereocenters. The summed E-state index contributed by atoms with van der Waals surface area (Å²) in [4.78, 5) is 14.9. The summed E-state index contributed by atoms with van der Waals surface area (Å²) >= 11 is 0. The Morgan fingerprint density at radius 1 is 1.32 bits per heavy atom. The van der Waals surface area contributed by atoms with Crippen LogP contribution in [-0.4, -0.2) is 30.2 Å². The van der Waals surface area contributed by atoms with Gasteiger partial charge in [0.15, 0.2) is 5.69 Å². The molecule has 0 fully saturated rings. The van der Waals surface area contributed by atoms with Crippen molar-refractivity contribution >= 4 is 11.6 Å². The molecule has 0 aromatic carbocycles. The normalized spacial score (nSPS) is 11.0. The summed E-state index contributed by atoms with van der Waals surface area (Å²) < 4.78 is 3.55. The van der Waals surface area contributed by atoms with Crippen LogP contribution in [0.3, 0.4) is 0 Å². The highest BCUT2D eigenvalue weighted by Crippen LogP contribution is 2.19. The zero-order valence-electron chi connectivity index (χ0n) is 10.3. The van der Waals surface area contributed by atoms with E-state index in [1.165, 1.54) is 6.20 Å². The fourth-order valence-electron chi connectivity index (χ4n) is 1.95. The van der Waals surface area contributed by atoms with Gasteiger partial charge in [0.05, 0.1) is 6.20 Å². The summed E-state index contributed by atoms with van der Waals surface area (Å²) in [6.45, 7) is 2.84. The molecule has 1 N–H and O–H groups in total. The molecule has 0 radical (unpaired) electrons. The first-order valence-electron chi connectivity index (χ1n) is 5.92. The van der Waals surface area contributed by atoms with E-state index in [-0.39, 0.29) is 7.12 Å². The highest BCUT2D eigenvalue weighted by Gasteiger charge is 2.09. The number of rotatable bonds is 3. The predicted molar refractivity (Wildman–Crippen MR) is 71.2 cm³/mol. The molecule has 6 heteroatoms. The number of hydrogen-bond donors (Lipinski definition) is 1. The second-order valence-electron chi connectivity index (χ2n) is 4.20. The number of nitrogens with zero attached hydrogens (tertiary/aromatic N) is 4. The molecule has 0 amide bonds. The minimum atomic E-state index is -1.02. The Morgan fingerprint density at radius 3 is 2.84 bits per heavy atom. The van der Waals surface area contributed by atoms with Gasteiger partial charge in [0.1, 0.15) is 5.65 Å². The largest absolute Gasteiger partial charge is 0.476 e. The molecule has 6 nitrogen and oxygen atoms in total. The Hall–Kier alpha value is -2.63. The number of pyridine rings is 1. The highest BCUT2D eigenvalue weighted by atomic mass is 16.4. The molecule has 3 aromatic heterocycles. The van der Waals surface area contributed by atoms with E-state index in [2.05, 4.69) is 10.1 Å². The van der Waals surface area contributed by atoms with Gasteiger partial charge in [0, 0.05) is 37.7 Å². The number of carbonyl (C=O) groups is 1. The minimum Gasteiger partial charge on any atom is -0.476 e. The van der Waals surface area contributed by atoms with Gasteiger partial charge in [0.2, 0.25) is 0 Å². The number of aromatic nitrogens is 4. The van der Waals surface area contributed by atoms with Crippen LogP contribution in [0.5, 0.6) is 0 Å². The fraction of sp³-hybridized carbons (Fsp3) is 0.154. The Balaban J connectivity index is 0.00000147. The van der Waals surface area contributed by atoms with Crippen LogP contribution in [-0.2, 0) is 6.54 Å². The predicted octanol–water partition coefficient (Wildman–Crippen LogP) is 2.16. The maximum Gasteiger partial charge on any atom is 0.356 e. The Labute approximate surface area is 110 Å². The Kier molecular flexibility index (Phi) is 2.56. The maximum atomic E-state index is 10.9. The number of carboxylic acid groups (broad SMARTS) is 1. The van der Waals surface area contributed by atoms with Gasteiger partial charge in [-0.2, -0.15) is 5.10 Å². The monoisotopic (exact) mass is 258 g/mol. The average Bonchev–Trinajstić information content (AvgIpc) is 3.04. The molecule has 0 aliphatic rings. The van der Waals surface area contributed by atoms with Gasteiger partial charge in [-0.3, -0.25) is 4.68 Å². The third-order valence-corrected chi connectivity index (χ3v) is 2.96. The van der Waals surface area contributed by atoms with Gasteiger partial charge in [-0.1, -0.05) is 0 Å². The van der Waals surface area contributed by atoms with Crippen molar-refractivity contribution in [3.8, 4) is 11.1 Å². The molecular weight excluding hydrogens is 244 g/mol. The number of imidazole rings is 1. The van der Waals surface area contributed by atoms with Crippen molar-refractivity contribution in [2.45, 2.75) is 13.5 Å². The summed E-state index contributed by atoms with van der Waals surface area (Å²) in [6.07, 6.45) is 7.10. The van der Waals surface area contributed by atoms with Crippen molar-refractivity contribution in [3.05, 3.63) is 42.6 Å². The molecular formula is C13H14N4O2. The van der Waals surface area contributed by atoms with Gasteiger partial charge in [0.25, 0.3) is 0 Å². The average molecular weight is 258 g/mol. The van der Waals surface area contributed by atoms with E-state index in [1.54, 1.807) is 16.7 Å². The lowest BCUT2D eigenvalue weighted by atomic mass is 10.2. The van der Waals surface area contributed by atoms with Crippen molar-refractivity contribution in [1.29, 1.82) is 0 Å². The van der Waals surface area contributed by atoms with E-state index in [9.17, 15) is 4.79 Å². The summed E-state index contributed by atoms with van der Waals surface area (Å²) in [7, 11) is 0. The van der Waals surface area contributed by atoms with Gasteiger partial charge < -0.3 is 9.51 Å². The van der Waals surface area contributed by atoms with E-state index >= 15 is 0 Å². The smallest absolute Gasteiger partial charge is 0.356 e. The van der Waals surface area contributed by atoms with Gasteiger partial charge in [-0.05, 0) is 19.1 Å². The van der Waals surface area contributed by atoms with Crippen molar-refractivity contribution in [2.24, 2.45) is 0 Å². The maximum absolute atomic E-state index is 10.9. The molecule has 98 valence electrons. The molecule has 0 aliphatic carbocycles. The highest BCUT2D eigenvalue weighted by molar-refractivity contribution is 5.86.